The van der Waals surface area contributed by atoms with Crippen LogP contribution in [0.15, 0.2) is 18.2 Å². The van der Waals surface area contributed by atoms with Gasteiger partial charge in [-0.05, 0) is 57.4 Å². The van der Waals surface area contributed by atoms with Crippen molar-refractivity contribution in [2.45, 2.75) is 59.0 Å². The van der Waals surface area contributed by atoms with Crippen molar-refractivity contribution in [3.63, 3.8) is 0 Å². The lowest BCUT2D eigenvalue weighted by Crippen LogP contribution is -2.18. The number of ether oxygens (including phenoxy) is 1. The van der Waals surface area contributed by atoms with Crippen LogP contribution in [0.25, 0.3) is 0 Å². The number of aryl methyl sites for hydroxylation is 1. The predicted octanol–water partition coefficient (Wildman–Crippen LogP) is 4.55. The van der Waals surface area contributed by atoms with Crippen LogP contribution in [0.3, 0.4) is 0 Å². The van der Waals surface area contributed by atoms with Crippen LogP contribution in [0.4, 0.5) is 0 Å². The number of ketones is 1. The molecule has 1 aromatic carbocycles. The van der Waals surface area contributed by atoms with E-state index in [2.05, 4.69) is 0 Å². The lowest BCUT2D eigenvalue weighted by Gasteiger charge is -2.21. The fourth-order valence-corrected chi connectivity index (χ4v) is 2.84. The summed E-state index contributed by atoms with van der Waals surface area (Å²) in [5.41, 5.74) is 1.91. The Bertz CT molecular complexity index is 443. The molecule has 0 N–H and O–H groups in total. The van der Waals surface area contributed by atoms with E-state index in [1.807, 2.05) is 39.0 Å². The molecule has 0 radical (unpaired) electrons. The van der Waals surface area contributed by atoms with Crippen molar-refractivity contribution >= 4 is 5.78 Å². The van der Waals surface area contributed by atoms with Gasteiger partial charge >= 0.3 is 0 Å². The van der Waals surface area contributed by atoms with Crippen molar-refractivity contribution < 1.29 is 9.53 Å². The summed E-state index contributed by atoms with van der Waals surface area (Å²) in [6.07, 6.45) is 5.96. The average Bonchev–Trinajstić information content (AvgIpc) is 2.38. The van der Waals surface area contributed by atoms with E-state index in [4.69, 9.17) is 4.74 Å². The highest BCUT2D eigenvalue weighted by atomic mass is 16.5. The van der Waals surface area contributed by atoms with Gasteiger partial charge in [0.15, 0.2) is 5.78 Å². The summed E-state index contributed by atoms with van der Waals surface area (Å²) in [6, 6.07) is 5.84. The van der Waals surface area contributed by atoms with E-state index in [0.717, 1.165) is 29.7 Å². The Morgan fingerprint density at radius 3 is 2.47 bits per heavy atom. The van der Waals surface area contributed by atoms with Crippen molar-refractivity contribution in [1.82, 2.24) is 0 Å². The molecule has 1 aliphatic rings. The van der Waals surface area contributed by atoms with Crippen molar-refractivity contribution in [2.24, 2.45) is 5.92 Å². The first-order chi connectivity index (χ1) is 9.08. The minimum atomic E-state index is 0.166. The van der Waals surface area contributed by atoms with Crippen molar-refractivity contribution in [3.8, 4) is 5.75 Å². The molecule has 2 nitrogen and oxygen atoms in total. The quantitative estimate of drug-likeness (QED) is 0.743. The summed E-state index contributed by atoms with van der Waals surface area (Å²) in [4.78, 5) is 12.5. The molecule has 2 rings (SSSR count). The zero-order chi connectivity index (χ0) is 13.8. The molecule has 0 aliphatic heterocycles. The maximum absolute atomic E-state index is 12.5. The van der Waals surface area contributed by atoms with Gasteiger partial charge in [-0.3, -0.25) is 4.79 Å². The van der Waals surface area contributed by atoms with E-state index in [0.29, 0.717) is 5.78 Å². The third-order valence-electron chi connectivity index (χ3n) is 3.81. The van der Waals surface area contributed by atoms with E-state index in [-0.39, 0.29) is 12.0 Å². The second kappa shape index (κ2) is 6.23. The number of hydrogen-bond donors (Lipinski definition) is 0. The fraction of sp³-hybridized carbons (Fsp3) is 0.588. The third kappa shape index (κ3) is 3.59. The monoisotopic (exact) mass is 260 g/mol. The molecule has 0 spiro atoms. The fourth-order valence-electron chi connectivity index (χ4n) is 2.84. The second-order valence-corrected chi connectivity index (χ2v) is 5.84. The Labute approximate surface area is 116 Å². The molecule has 1 aromatic rings. The topological polar surface area (TPSA) is 26.3 Å². The normalized spacial score (nSPS) is 16.6. The van der Waals surface area contributed by atoms with Crippen LogP contribution in [0.2, 0.25) is 0 Å². The zero-order valence-corrected chi connectivity index (χ0v) is 12.2. The molecule has 0 saturated heterocycles. The summed E-state index contributed by atoms with van der Waals surface area (Å²) in [5.74, 6) is 1.42. The minimum Gasteiger partial charge on any atom is -0.491 e. The summed E-state index contributed by atoms with van der Waals surface area (Å²) >= 11 is 0. The van der Waals surface area contributed by atoms with Gasteiger partial charge in [0.25, 0.3) is 0 Å². The summed E-state index contributed by atoms with van der Waals surface area (Å²) in [7, 11) is 0. The van der Waals surface area contributed by atoms with Crippen LogP contribution >= 0.6 is 0 Å². The molecule has 0 bridgehead atoms. The molecule has 0 heterocycles. The van der Waals surface area contributed by atoms with Crippen molar-refractivity contribution in [2.75, 3.05) is 0 Å². The molecule has 1 fully saturated rings. The Hall–Kier alpha value is -1.31. The first-order valence-corrected chi connectivity index (χ1v) is 7.39. The highest BCUT2D eigenvalue weighted by Gasteiger charge is 2.23. The van der Waals surface area contributed by atoms with E-state index >= 15 is 0 Å². The molecular weight excluding hydrogens is 236 g/mol. The molecular formula is C17H24O2. The third-order valence-corrected chi connectivity index (χ3v) is 3.81. The van der Waals surface area contributed by atoms with Crippen LogP contribution in [0.5, 0.6) is 5.75 Å². The van der Waals surface area contributed by atoms with Crippen LogP contribution in [-0.2, 0) is 0 Å². The van der Waals surface area contributed by atoms with Crippen molar-refractivity contribution in [1.29, 1.82) is 0 Å². The van der Waals surface area contributed by atoms with Crippen LogP contribution in [-0.4, -0.2) is 11.9 Å². The largest absolute Gasteiger partial charge is 0.491 e. The SMILES string of the molecule is Cc1cc(OC(C)C)ccc1C(=O)C1CCCCC1. The van der Waals surface area contributed by atoms with Gasteiger partial charge in [0.05, 0.1) is 6.10 Å². The van der Waals surface area contributed by atoms with Gasteiger partial charge in [0.2, 0.25) is 0 Å². The van der Waals surface area contributed by atoms with Crippen molar-refractivity contribution in [3.05, 3.63) is 29.3 Å². The Balaban J connectivity index is 2.13. The minimum absolute atomic E-state index is 0.166. The van der Waals surface area contributed by atoms with E-state index in [9.17, 15) is 4.79 Å². The molecule has 1 saturated carbocycles. The van der Waals surface area contributed by atoms with E-state index in [1.54, 1.807) is 0 Å². The van der Waals surface area contributed by atoms with Crippen LogP contribution in [0, 0.1) is 12.8 Å². The Morgan fingerprint density at radius 2 is 1.89 bits per heavy atom. The smallest absolute Gasteiger partial charge is 0.166 e. The van der Waals surface area contributed by atoms with Gasteiger partial charge in [-0.15, -0.1) is 0 Å². The molecule has 0 unspecified atom stereocenters. The highest BCUT2D eigenvalue weighted by Crippen LogP contribution is 2.29. The Morgan fingerprint density at radius 1 is 1.21 bits per heavy atom. The molecule has 2 heteroatoms. The highest BCUT2D eigenvalue weighted by molar-refractivity contribution is 5.99. The van der Waals surface area contributed by atoms with E-state index < -0.39 is 0 Å². The molecule has 0 atom stereocenters. The molecule has 0 amide bonds. The summed E-state index contributed by atoms with van der Waals surface area (Å²) in [6.45, 7) is 6.02. The predicted molar refractivity (Wildman–Crippen MR) is 77.8 cm³/mol. The number of hydrogen-bond acceptors (Lipinski definition) is 2. The van der Waals surface area contributed by atoms with Gasteiger partial charge in [0.1, 0.15) is 5.75 Å². The lowest BCUT2D eigenvalue weighted by atomic mass is 9.83. The number of benzene rings is 1. The maximum Gasteiger partial charge on any atom is 0.166 e. The van der Waals surface area contributed by atoms with Gasteiger partial charge in [0, 0.05) is 11.5 Å². The number of rotatable bonds is 4. The van der Waals surface area contributed by atoms with Gasteiger partial charge < -0.3 is 4.74 Å². The van der Waals surface area contributed by atoms with Gasteiger partial charge in [-0.25, -0.2) is 0 Å². The average molecular weight is 260 g/mol. The van der Waals surface area contributed by atoms with Crippen LogP contribution in [0.1, 0.15) is 61.9 Å². The molecule has 19 heavy (non-hydrogen) atoms. The number of Topliss-reactive ketones (excluding diaryl/α,β-unsaturated/α-hetero) is 1. The number of carbonyl (C=O) groups is 1. The second-order valence-electron chi connectivity index (χ2n) is 5.84. The van der Waals surface area contributed by atoms with Gasteiger partial charge in [-0.1, -0.05) is 19.3 Å². The number of carbonyl (C=O) groups excluding carboxylic acids is 1. The first-order valence-electron chi connectivity index (χ1n) is 7.39. The van der Waals surface area contributed by atoms with E-state index in [1.165, 1.54) is 19.3 Å². The Kier molecular flexibility index (Phi) is 4.62. The maximum atomic E-state index is 12.5. The summed E-state index contributed by atoms with van der Waals surface area (Å²) in [5, 5.41) is 0. The molecule has 1 aliphatic carbocycles. The lowest BCUT2D eigenvalue weighted by molar-refractivity contribution is 0.0889. The zero-order valence-electron chi connectivity index (χ0n) is 12.2. The standard InChI is InChI=1S/C17H24O2/c1-12(2)19-15-9-10-16(13(3)11-15)17(18)14-7-5-4-6-8-14/h9-12,14H,4-8H2,1-3H3. The first kappa shape index (κ1) is 14.1. The van der Waals surface area contributed by atoms with Crippen LogP contribution < -0.4 is 4.74 Å². The molecule has 104 valence electrons. The summed E-state index contributed by atoms with van der Waals surface area (Å²) < 4.78 is 5.66. The van der Waals surface area contributed by atoms with Gasteiger partial charge in [-0.2, -0.15) is 0 Å². The molecule has 0 aromatic heterocycles.